The first-order valence-corrected chi connectivity index (χ1v) is 6.01. The Hall–Kier alpha value is -2.10. The SMILES string of the molecule is C=Cc1cccc(-c2ccc(B(O)O)cc2)c1C=C. The van der Waals surface area contributed by atoms with Crippen LogP contribution in [0.15, 0.2) is 55.6 Å². The van der Waals surface area contributed by atoms with Crippen LogP contribution in [0.2, 0.25) is 0 Å². The molecule has 2 aromatic rings. The van der Waals surface area contributed by atoms with Crippen molar-refractivity contribution in [2.45, 2.75) is 0 Å². The lowest BCUT2D eigenvalue weighted by molar-refractivity contribution is 0.426. The Labute approximate surface area is 113 Å². The quantitative estimate of drug-likeness (QED) is 0.817. The van der Waals surface area contributed by atoms with Crippen LogP contribution in [0.25, 0.3) is 23.3 Å². The van der Waals surface area contributed by atoms with E-state index in [2.05, 4.69) is 13.2 Å². The summed E-state index contributed by atoms with van der Waals surface area (Å²) in [7, 11) is -1.44. The monoisotopic (exact) mass is 250 g/mol. The van der Waals surface area contributed by atoms with Crippen LogP contribution in [0.1, 0.15) is 11.1 Å². The fourth-order valence-electron chi connectivity index (χ4n) is 2.08. The maximum Gasteiger partial charge on any atom is 0.488 e. The predicted octanol–water partition coefficient (Wildman–Crippen LogP) is 2.32. The van der Waals surface area contributed by atoms with E-state index in [1.165, 1.54) is 0 Å². The zero-order valence-electron chi connectivity index (χ0n) is 10.6. The van der Waals surface area contributed by atoms with Crippen molar-refractivity contribution in [1.29, 1.82) is 0 Å². The van der Waals surface area contributed by atoms with Crippen molar-refractivity contribution in [3.05, 3.63) is 66.7 Å². The summed E-state index contributed by atoms with van der Waals surface area (Å²) in [4.78, 5) is 0. The molecule has 0 saturated heterocycles. The second-order valence-corrected chi connectivity index (χ2v) is 4.21. The molecule has 0 amide bonds. The zero-order valence-corrected chi connectivity index (χ0v) is 10.6. The van der Waals surface area contributed by atoms with Gasteiger partial charge in [-0.2, -0.15) is 0 Å². The maximum absolute atomic E-state index is 9.09. The molecule has 0 unspecified atom stereocenters. The Bertz CT molecular complexity index is 601. The van der Waals surface area contributed by atoms with E-state index in [0.29, 0.717) is 5.46 Å². The van der Waals surface area contributed by atoms with Gasteiger partial charge in [-0.25, -0.2) is 0 Å². The lowest BCUT2D eigenvalue weighted by atomic mass is 9.79. The normalized spacial score (nSPS) is 10.0. The molecule has 2 N–H and O–H groups in total. The third-order valence-electron chi connectivity index (χ3n) is 3.08. The van der Waals surface area contributed by atoms with E-state index in [1.54, 1.807) is 24.3 Å². The average molecular weight is 250 g/mol. The van der Waals surface area contributed by atoms with Crippen LogP contribution in [-0.2, 0) is 0 Å². The highest BCUT2D eigenvalue weighted by molar-refractivity contribution is 6.58. The highest BCUT2D eigenvalue weighted by Gasteiger charge is 2.11. The molecular weight excluding hydrogens is 235 g/mol. The Balaban J connectivity index is 2.52. The van der Waals surface area contributed by atoms with E-state index in [-0.39, 0.29) is 0 Å². The van der Waals surface area contributed by atoms with E-state index < -0.39 is 7.12 Å². The predicted molar refractivity (Wildman–Crippen MR) is 81.9 cm³/mol. The summed E-state index contributed by atoms with van der Waals surface area (Å²) in [6.45, 7) is 7.64. The van der Waals surface area contributed by atoms with Gasteiger partial charge in [0.05, 0.1) is 0 Å². The lowest BCUT2D eigenvalue weighted by Gasteiger charge is -2.10. The van der Waals surface area contributed by atoms with Crippen molar-refractivity contribution in [3.63, 3.8) is 0 Å². The van der Waals surface area contributed by atoms with E-state index >= 15 is 0 Å². The van der Waals surface area contributed by atoms with Gasteiger partial charge in [0.2, 0.25) is 0 Å². The van der Waals surface area contributed by atoms with Crippen molar-refractivity contribution in [1.82, 2.24) is 0 Å². The fraction of sp³-hybridized carbons (Fsp3) is 0. The molecule has 0 aliphatic carbocycles. The molecule has 0 aliphatic rings. The van der Waals surface area contributed by atoms with Crippen LogP contribution >= 0.6 is 0 Å². The van der Waals surface area contributed by atoms with Gasteiger partial charge in [-0.3, -0.25) is 0 Å². The Morgan fingerprint density at radius 2 is 1.58 bits per heavy atom. The minimum atomic E-state index is -1.44. The molecule has 19 heavy (non-hydrogen) atoms. The van der Waals surface area contributed by atoms with Gasteiger partial charge in [0.1, 0.15) is 0 Å². The molecule has 2 rings (SSSR count). The van der Waals surface area contributed by atoms with Crippen LogP contribution in [0.5, 0.6) is 0 Å². The van der Waals surface area contributed by atoms with Crippen LogP contribution in [-0.4, -0.2) is 17.2 Å². The fourth-order valence-corrected chi connectivity index (χ4v) is 2.08. The van der Waals surface area contributed by atoms with Crippen LogP contribution in [0.3, 0.4) is 0 Å². The van der Waals surface area contributed by atoms with Crippen molar-refractivity contribution >= 4 is 24.7 Å². The zero-order chi connectivity index (χ0) is 13.8. The van der Waals surface area contributed by atoms with Crippen LogP contribution < -0.4 is 5.46 Å². The second-order valence-electron chi connectivity index (χ2n) is 4.21. The first kappa shape index (κ1) is 13.3. The van der Waals surface area contributed by atoms with Crippen molar-refractivity contribution in [2.75, 3.05) is 0 Å². The minimum Gasteiger partial charge on any atom is -0.423 e. The van der Waals surface area contributed by atoms with E-state index in [4.69, 9.17) is 10.0 Å². The van der Waals surface area contributed by atoms with E-state index in [0.717, 1.165) is 22.3 Å². The molecule has 3 heteroatoms. The number of hydrogen-bond acceptors (Lipinski definition) is 2. The Morgan fingerprint density at radius 3 is 2.11 bits per heavy atom. The summed E-state index contributed by atoms with van der Waals surface area (Å²) < 4.78 is 0. The van der Waals surface area contributed by atoms with Crippen molar-refractivity contribution in [2.24, 2.45) is 0 Å². The summed E-state index contributed by atoms with van der Waals surface area (Å²) in [6, 6.07) is 13.1. The van der Waals surface area contributed by atoms with Gasteiger partial charge in [-0.15, -0.1) is 0 Å². The summed E-state index contributed by atoms with van der Waals surface area (Å²) in [5.74, 6) is 0. The standard InChI is InChI=1S/C16H15BO2/c1-3-12-6-5-7-16(15(12)4-2)13-8-10-14(11-9-13)17(18)19/h3-11,18-19H,1-2H2. The van der Waals surface area contributed by atoms with E-state index in [9.17, 15) is 0 Å². The van der Waals surface area contributed by atoms with Crippen molar-refractivity contribution < 1.29 is 10.0 Å². The highest BCUT2D eigenvalue weighted by Crippen LogP contribution is 2.27. The molecule has 0 aliphatic heterocycles. The molecule has 0 aromatic heterocycles. The largest absolute Gasteiger partial charge is 0.488 e. The van der Waals surface area contributed by atoms with Crippen LogP contribution in [0.4, 0.5) is 0 Å². The Morgan fingerprint density at radius 1 is 0.895 bits per heavy atom. The van der Waals surface area contributed by atoms with Gasteiger partial charge in [0.25, 0.3) is 0 Å². The summed E-state index contributed by atoms with van der Waals surface area (Å²) >= 11 is 0. The first-order valence-electron chi connectivity index (χ1n) is 6.01. The van der Waals surface area contributed by atoms with Gasteiger partial charge in [0.15, 0.2) is 0 Å². The first-order chi connectivity index (χ1) is 9.17. The molecule has 0 radical (unpaired) electrons. The molecule has 0 spiro atoms. The molecule has 0 saturated carbocycles. The molecule has 0 atom stereocenters. The highest BCUT2D eigenvalue weighted by atomic mass is 16.4. The van der Waals surface area contributed by atoms with Gasteiger partial charge < -0.3 is 10.0 Å². The molecule has 2 aromatic carbocycles. The van der Waals surface area contributed by atoms with Crippen LogP contribution in [0, 0.1) is 0 Å². The molecule has 0 heterocycles. The van der Waals surface area contributed by atoms with E-state index in [1.807, 2.05) is 30.3 Å². The van der Waals surface area contributed by atoms with Gasteiger partial charge in [-0.1, -0.05) is 67.8 Å². The third-order valence-corrected chi connectivity index (χ3v) is 3.08. The third kappa shape index (κ3) is 2.68. The van der Waals surface area contributed by atoms with Gasteiger partial charge in [-0.05, 0) is 27.7 Å². The minimum absolute atomic E-state index is 0.476. The molecule has 94 valence electrons. The topological polar surface area (TPSA) is 40.5 Å². The molecule has 2 nitrogen and oxygen atoms in total. The lowest BCUT2D eigenvalue weighted by Crippen LogP contribution is -2.29. The number of rotatable bonds is 4. The van der Waals surface area contributed by atoms with Gasteiger partial charge >= 0.3 is 7.12 Å². The summed E-state index contributed by atoms with van der Waals surface area (Å²) in [5.41, 5.74) is 4.58. The maximum atomic E-state index is 9.09. The van der Waals surface area contributed by atoms with Crippen molar-refractivity contribution in [3.8, 4) is 11.1 Å². The summed E-state index contributed by atoms with van der Waals surface area (Å²) in [5, 5.41) is 18.2. The second kappa shape index (κ2) is 5.70. The molecular formula is C16H15BO2. The average Bonchev–Trinajstić information content (AvgIpc) is 2.46. The molecule has 0 bridgehead atoms. The Kier molecular flexibility index (Phi) is 4.00. The number of hydrogen-bond donors (Lipinski definition) is 2. The summed E-state index contributed by atoms with van der Waals surface area (Å²) in [6.07, 6.45) is 3.60. The van der Waals surface area contributed by atoms with Gasteiger partial charge in [0, 0.05) is 0 Å². The number of benzene rings is 2. The smallest absolute Gasteiger partial charge is 0.423 e. The molecule has 0 fully saturated rings.